The Balaban J connectivity index is 1.89. The van der Waals surface area contributed by atoms with Crippen LogP contribution in [-0.2, 0) is 24.4 Å². The van der Waals surface area contributed by atoms with Gasteiger partial charge in [0.2, 0.25) is 0 Å². The third-order valence-corrected chi connectivity index (χ3v) is 7.36. The highest BCUT2D eigenvalue weighted by Gasteiger charge is 2.25. The monoisotopic (exact) mass is 518 g/mol. The number of phenols is 1. The maximum atomic E-state index is 12.2. The molecule has 0 fully saturated rings. The van der Waals surface area contributed by atoms with Crippen molar-refractivity contribution < 1.29 is 44.3 Å². The molecular weight excluding hydrogens is 500 g/mol. The minimum Gasteiger partial charge on any atom is -0.505 e. The highest BCUT2D eigenvalue weighted by atomic mass is 32.3. The summed E-state index contributed by atoms with van der Waals surface area (Å²) in [5.74, 6) is -1.16. The zero-order valence-corrected chi connectivity index (χ0v) is 19.0. The number of fused-ring (bicyclic) bond motifs is 1. The van der Waals surface area contributed by atoms with Crippen molar-refractivity contribution in [1.29, 1.82) is 0 Å². The number of rotatable bonds is 8. The molecule has 3 aromatic rings. The summed E-state index contributed by atoms with van der Waals surface area (Å²) in [4.78, 5) is -0.625. The Labute approximate surface area is 190 Å². The fourth-order valence-corrected chi connectivity index (χ4v) is 4.96. The lowest BCUT2D eigenvalue weighted by molar-refractivity contribution is 0.284. The number of nitrogens with zero attached hydrogens (tertiary/aromatic N) is 2. The molecule has 3 aromatic carbocycles. The van der Waals surface area contributed by atoms with Crippen molar-refractivity contribution in [3.8, 4) is 5.75 Å². The lowest BCUT2D eigenvalue weighted by atomic mass is 10.1. The summed E-state index contributed by atoms with van der Waals surface area (Å²) in [7, 11) is -13.0. The topological polar surface area (TPSA) is 203 Å². The highest BCUT2D eigenvalue weighted by molar-refractivity contribution is 8.19. The molecule has 0 spiro atoms. The molecule has 12 nitrogen and oxygen atoms in total. The summed E-state index contributed by atoms with van der Waals surface area (Å²) >= 11 is 0. The van der Waals surface area contributed by atoms with Crippen LogP contribution in [0.1, 0.15) is 0 Å². The Morgan fingerprint density at radius 2 is 1.48 bits per heavy atom. The predicted molar refractivity (Wildman–Crippen MR) is 120 cm³/mol. The molecule has 178 valence electrons. The van der Waals surface area contributed by atoms with Crippen LogP contribution < -0.4 is 0 Å². The van der Waals surface area contributed by atoms with E-state index in [1.165, 1.54) is 18.2 Å². The van der Waals surface area contributed by atoms with E-state index in [0.717, 1.165) is 12.1 Å². The number of azo groups is 1. The van der Waals surface area contributed by atoms with Crippen molar-refractivity contribution in [2.24, 2.45) is 10.2 Å². The van der Waals surface area contributed by atoms with Gasteiger partial charge >= 0.3 is 10.4 Å². The van der Waals surface area contributed by atoms with Gasteiger partial charge in [-0.15, -0.1) is 5.11 Å². The molecule has 0 atom stereocenters. The Bertz CT molecular complexity index is 1410. The van der Waals surface area contributed by atoms with Crippen LogP contribution in [0.3, 0.4) is 0 Å². The number of hydrogen-bond acceptors (Lipinski definition) is 11. The van der Waals surface area contributed by atoms with Gasteiger partial charge in [0, 0.05) is 5.39 Å². The predicted octanol–water partition coefficient (Wildman–Crippen LogP) is 4.14. The molecule has 0 aromatic heterocycles. The molecule has 5 N–H and O–H groups in total. The maximum Gasteiger partial charge on any atom is 0.397 e. The molecule has 0 amide bonds. The van der Waals surface area contributed by atoms with Crippen LogP contribution in [0.15, 0.2) is 74.6 Å². The van der Waals surface area contributed by atoms with E-state index in [2.05, 4.69) is 14.4 Å². The van der Waals surface area contributed by atoms with E-state index in [-0.39, 0.29) is 16.3 Å². The molecule has 15 heteroatoms. The number of hydrogen-bond donors (Lipinski definition) is 5. The lowest BCUT2D eigenvalue weighted by Gasteiger charge is -2.22. The molecule has 0 aliphatic heterocycles. The Hall–Kier alpha value is -2.63. The molecular formula is C18H18N2O10S3. The van der Waals surface area contributed by atoms with Gasteiger partial charge in [-0.25, -0.2) is 12.6 Å². The standard InChI is InChI=1S/C18H18N2O10S3/c21-18-15-4-2-1-3-12(15)11-16(32(24,25)26)17(18)20-19-13-5-7-14(8-6-13)31(22,23)10-9-30-33(27,28)29/h1-8,11,21,24-26H,9-10H2,(H,27,28,29). The average Bonchev–Trinajstić information content (AvgIpc) is 2.71. The van der Waals surface area contributed by atoms with E-state index >= 15 is 0 Å². The molecule has 0 unspecified atom stereocenters. The number of aromatic hydroxyl groups is 1. The van der Waals surface area contributed by atoms with Gasteiger partial charge in [0.1, 0.15) is 16.6 Å². The molecule has 0 aliphatic carbocycles. The van der Waals surface area contributed by atoms with Gasteiger partial charge in [-0.3, -0.25) is 4.55 Å². The first-order valence-electron chi connectivity index (χ1n) is 8.90. The third-order valence-electron chi connectivity index (χ3n) is 4.30. The van der Waals surface area contributed by atoms with Crippen LogP contribution in [0.5, 0.6) is 5.75 Å². The van der Waals surface area contributed by atoms with Gasteiger partial charge in [0.15, 0.2) is 15.6 Å². The quantitative estimate of drug-likeness (QED) is 0.213. The summed E-state index contributed by atoms with van der Waals surface area (Å²) in [6.07, 6.45) is 0. The van der Waals surface area contributed by atoms with Crippen molar-refractivity contribution in [3.05, 3.63) is 54.6 Å². The number of phenolic OH excluding ortho intramolecular Hbond substituents is 1. The van der Waals surface area contributed by atoms with E-state index in [9.17, 15) is 35.6 Å². The zero-order valence-electron chi connectivity index (χ0n) is 16.5. The highest BCUT2D eigenvalue weighted by Crippen LogP contribution is 2.54. The minimum absolute atomic E-state index is 0.121. The van der Waals surface area contributed by atoms with Crippen molar-refractivity contribution in [3.63, 3.8) is 0 Å². The molecule has 0 saturated carbocycles. The van der Waals surface area contributed by atoms with Crippen molar-refractivity contribution in [2.45, 2.75) is 9.79 Å². The van der Waals surface area contributed by atoms with E-state index < -0.39 is 54.1 Å². The van der Waals surface area contributed by atoms with Crippen LogP contribution in [0.4, 0.5) is 11.4 Å². The first-order valence-corrected chi connectivity index (χ1v) is 13.4. The summed E-state index contributed by atoms with van der Waals surface area (Å²) in [5.41, 5.74) is -0.258. The van der Waals surface area contributed by atoms with Gasteiger partial charge in [0.25, 0.3) is 0 Å². The van der Waals surface area contributed by atoms with Crippen LogP contribution in [-0.4, -0.2) is 52.5 Å². The number of benzene rings is 3. The van der Waals surface area contributed by atoms with Gasteiger partial charge in [-0.2, -0.15) is 13.5 Å². The summed E-state index contributed by atoms with van der Waals surface area (Å²) in [5, 5.41) is 18.9. The molecule has 33 heavy (non-hydrogen) atoms. The fourth-order valence-electron chi connectivity index (χ4n) is 2.79. The van der Waals surface area contributed by atoms with Gasteiger partial charge in [-0.1, -0.05) is 24.3 Å². The van der Waals surface area contributed by atoms with E-state index in [4.69, 9.17) is 4.55 Å². The lowest BCUT2D eigenvalue weighted by Crippen LogP contribution is -2.15. The van der Waals surface area contributed by atoms with Gasteiger partial charge in [-0.05, 0) is 35.7 Å². The Morgan fingerprint density at radius 1 is 0.848 bits per heavy atom. The molecule has 0 aliphatic rings. The molecule has 3 rings (SSSR count). The summed E-state index contributed by atoms with van der Waals surface area (Å²) in [6.45, 7) is -0.778. The van der Waals surface area contributed by atoms with Crippen LogP contribution in [0, 0.1) is 0 Å². The van der Waals surface area contributed by atoms with Crippen LogP contribution >= 0.6 is 10.9 Å². The second-order valence-electron chi connectivity index (χ2n) is 6.57. The maximum absolute atomic E-state index is 12.2. The van der Waals surface area contributed by atoms with Crippen molar-refractivity contribution >= 4 is 53.3 Å². The van der Waals surface area contributed by atoms with Crippen LogP contribution in [0.25, 0.3) is 10.8 Å². The van der Waals surface area contributed by atoms with Crippen molar-refractivity contribution in [2.75, 3.05) is 12.4 Å². The Kier molecular flexibility index (Phi) is 7.06. The largest absolute Gasteiger partial charge is 0.505 e. The molecule has 0 saturated heterocycles. The van der Waals surface area contributed by atoms with Crippen LogP contribution in [0.2, 0.25) is 0 Å². The van der Waals surface area contributed by atoms with Gasteiger partial charge in [0.05, 0.1) is 27.8 Å². The fraction of sp³-hybridized carbons (Fsp3) is 0.111. The molecule has 0 radical (unpaired) electrons. The second-order valence-corrected chi connectivity index (χ2v) is 11.3. The first kappa shape index (κ1) is 25.0. The summed E-state index contributed by atoms with van der Waals surface area (Å²) < 4.78 is 87.2. The smallest absolute Gasteiger partial charge is 0.397 e. The summed E-state index contributed by atoms with van der Waals surface area (Å²) in [6, 6.07) is 12.5. The third kappa shape index (κ3) is 6.24. The first-order chi connectivity index (χ1) is 15.3. The minimum atomic E-state index is -4.76. The average molecular weight is 519 g/mol. The van der Waals surface area contributed by atoms with E-state index in [0.29, 0.717) is 10.8 Å². The molecule has 0 heterocycles. The molecule has 0 bridgehead atoms. The Morgan fingerprint density at radius 3 is 2.09 bits per heavy atom. The number of sulfone groups is 1. The SMILES string of the molecule is O=S(=O)(O)OCCS(=O)(=O)c1ccc(N=Nc2c(S(O)(O)O)cc3ccccc3c2O)cc1. The zero-order chi connectivity index (χ0) is 24.4. The van der Waals surface area contributed by atoms with E-state index in [1.54, 1.807) is 24.3 Å². The van der Waals surface area contributed by atoms with Crippen molar-refractivity contribution in [1.82, 2.24) is 0 Å². The van der Waals surface area contributed by atoms with E-state index in [1.807, 2.05) is 0 Å². The normalized spacial score (nSPS) is 13.6. The second kappa shape index (κ2) is 9.32. The van der Waals surface area contributed by atoms with Gasteiger partial charge < -0.3 is 18.8 Å².